The fourth-order valence-electron chi connectivity index (χ4n) is 3.29. The number of hydrogen-bond acceptors (Lipinski definition) is 2. The summed E-state index contributed by atoms with van der Waals surface area (Å²) in [5.41, 5.74) is 2.84. The Morgan fingerprint density at radius 3 is 2.62 bits per heavy atom. The molecule has 0 unspecified atom stereocenters. The highest BCUT2D eigenvalue weighted by Crippen LogP contribution is 2.32. The van der Waals surface area contributed by atoms with Crippen molar-refractivity contribution in [1.82, 2.24) is 5.32 Å². The zero-order chi connectivity index (χ0) is 15.2. The molecule has 118 valence electrons. The normalized spacial score (nSPS) is 15.9. The van der Waals surface area contributed by atoms with Gasteiger partial charge in [-0.25, -0.2) is 0 Å². The zero-order valence-electron chi connectivity index (χ0n) is 13.7. The third-order valence-corrected chi connectivity index (χ3v) is 4.82. The first-order valence-electron chi connectivity index (χ1n) is 8.37. The topological polar surface area (TPSA) is 15.3 Å². The van der Waals surface area contributed by atoms with E-state index in [2.05, 4.69) is 65.1 Å². The van der Waals surface area contributed by atoms with E-state index in [1.165, 1.54) is 41.4 Å². The number of anilines is 1. The van der Waals surface area contributed by atoms with Gasteiger partial charge in [0.15, 0.2) is 0 Å². The lowest BCUT2D eigenvalue weighted by Crippen LogP contribution is -2.34. The molecular formula is C18H29BrN2. The Hall–Kier alpha value is -0.540. The van der Waals surface area contributed by atoms with E-state index >= 15 is 0 Å². The van der Waals surface area contributed by atoms with Crippen LogP contribution in [0, 0.1) is 5.92 Å². The molecule has 1 aliphatic carbocycles. The fourth-order valence-corrected chi connectivity index (χ4v) is 3.64. The van der Waals surface area contributed by atoms with Gasteiger partial charge < -0.3 is 10.2 Å². The fraction of sp³-hybridized carbons (Fsp3) is 0.667. The van der Waals surface area contributed by atoms with Crippen LogP contribution in [-0.4, -0.2) is 19.1 Å². The van der Waals surface area contributed by atoms with Crippen LogP contribution in [0.5, 0.6) is 0 Å². The molecular weight excluding hydrogens is 324 g/mol. The first-order chi connectivity index (χ1) is 10.1. The van der Waals surface area contributed by atoms with Gasteiger partial charge in [0.25, 0.3) is 0 Å². The molecule has 1 aromatic rings. The Morgan fingerprint density at radius 2 is 2.00 bits per heavy atom. The van der Waals surface area contributed by atoms with E-state index in [1.807, 2.05) is 0 Å². The number of rotatable bonds is 7. The Bertz CT molecular complexity index is 439. The largest absolute Gasteiger partial charge is 0.369 e. The van der Waals surface area contributed by atoms with Crippen LogP contribution in [-0.2, 0) is 6.54 Å². The predicted octanol–water partition coefficient (Wildman–Crippen LogP) is 4.96. The molecule has 1 fully saturated rings. The highest BCUT2D eigenvalue weighted by atomic mass is 79.9. The van der Waals surface area contributed by atoms with E-state index in [9.17, 15) is 0 Å². The van der Waals surface area contributed by atoms with E-state index in [-0.39, 0.29) is 0 Å². The van der Waals surface area contributed by atoms with Gasteiger partial charge in [-0.3, -0.25) is 0 Å². The zero-order valence-corrected chi connectivity index (χ0v) is 15.2. The summed E-state index contributed by atoms with van der Waals surface area (Å²) in [6.07, 6.45) is 5.46. The smallest absolute Gasteiger partial charge is 0.0425 e. The molecule has 1 saturated carbocycles. The molecule has 0 spiro atoms. The third kappa shape index (κ3) is 4.72. The molecule has 2 nitrogen and oxygen atoms in total. The Balaban J connectivity index is 2.16. The Morgan fingerprint density at radius 1 is 1.29 bits per heavy atom. The maximum Gasteiger partial charge on any atom is 0.0425 e. The highest BCUT2D eigenvalue weighted by Gasteiger charge is 2.23. The minimum Gasteiger partial charge on any atom is -0.369 e. The Labute approximate surface area is 138 Å². The number of benzene rings is 1. The molecule has 0 bridgehead atoms. The summed E-state index contributed by atoms with van der Waals surface area (Å²) in [6, 6.07) is 7.46. The van der Waals surface area contributed by atoms with Gasteiger partial charge in [0.1, 0.15) is 0 Å². The van der Waals surface area contributed by atoms with Crippen molar-refractivity contribution in [1.29, 1.82) is 0 Å². The van der Waals surface area contributed by atoms with E-state index in [1.54, 1.807) is 0 Å². The molecule has 3 heteroatoms. The summed E-state index contributed by atoms with van der Waals surface area (Å²) < 4.78 is 1.18. The first-order valence-corrected chi connectivity index (χ1v) is 9.17. The van der Waals surface area contributed by atoms with Gasteiger partial charge in [0, 0.05) is 29.3 Å². The van der Waals surface area contributed by atoms with Crippen molar-refractivity contribution in [3.05, 3.63) is 28.2 Å². The van der Waals surface area contributed by atoms with Crippen LogP contribution in [0.2, 0.25) is 0 Å². The van der Waals surface area contributed by atoms with Crippen molar-refractivity contribution in [3.63, 3.8) is 0 Å². The molecule has 0 aliphatic heterocycles. The second kappa shape index (κ2) is 8.19. The van der Waals surface area contributed by atoms with Gasteiger partial charge >= 0.3 is 0 Å². The summed E-state index contributed by atoms with van der Waals surface area (Å²) in [6.45, 7) is 9.93. The average Bonchev–Trinajstić information content (AvgIpc) is 2.95. The Kier molecular flexibility index (Phi) is 6.56. The number of nitrogens with zero attached hydrogens (tertiary/aromatic N) is 1. The van der Waals surface area contributed by atoms with Crippen molar-refractivity contribution in [2.45, 2.75) is 59.0 Å². The maximum absolute atomic E-state index is 3.65. The van der Waals surface area contributed by atoms with Gasteiger partial charge in [-0.15, -0.1) is 0 Å². The quantitative estimate of drug-likeness (QED) is 0.745. The van der Waals surface area contributed by atoms with Gasteiger partial charge in [0.05, 0.1) is 0 Å². The van der Waals surface area contributed by atoms with Gasteiger partial charge in [-0.1, -0.05) is 48.7 Å². The van der Waals surface area contributed by atoms with Crippen LogP contribution in [0.25, 0.3) is 0 Å². The molecule has 0 atom stereocenters. The average molecular weight is 353 g/mol. The molecule has 1 aromatic carbocycles. The van der Waals surface area contributed by atoms with Crippen molar-refractivity contribution in [2.24, 2.45) is 5.92 Å². The summed E-state index contributed by atoms with van der Waals surface area (Å²) >= 11 is 3.65. The minimum absolute atomic E-state index is 0.695. The van der Waals surface area contributed by atoms with Gasteiger partial charge in [-0.2, -0.15) is 0 Å². The molecule has 0 radical (unpaired) electrons. The lowest BCUT2D eigenvalue weighted by molar-refractivity contribution is 0.550. The molecule has 0 amide bonds. The molecule has 0 saturated heterocycles. The molecule has 1 N–H and O–H groups in total. The molecule has 0 heterocycles. The summed E-state index contributed by atoms with van der Waals surface area (Å²) in [4.78, 5) is 2.62. The van der Waals surface area contributed by atoms with Gasteiger partial charge in [-0.05, 0) is 49.9 Å². The highest BCUT2D eigenvalue weighted by molar-refractivity contribution is 9.10. The van der Waals surface area contributed by atoms with E-state index in [0.29, 0.717) is 5.92 Å². The molecule has 1 aliphatic rings. The van der Waals surface area contributed by atoms with Gasteiger partial charge in [0.2, 0.25) is 0 Å². The second-order valence-corrected chi connectivity index (χ2v) is 7.44. The predicted molar refractivity (Wildman–Crippen MR) is 96.0 cm³/mol. The van der Waals surface area contributed by atoms with E-state index in [4.69, 9.17) is 0 Å². The standard InChI is InChI=1S/C18H29BrN2/c1-4-21(17-7-5-6-8-17)18-11-16(19)10-9-15(18)13-20-12-14(2)3/h9-11,14,17,20H,4-8,12-13H2,1-3H3. The number of halogens is 1. The third-order valence-electron chi connectivity index (χ3n) is 4.33. The van der Waals surface area contributed by atoms with E-state index < -0.39 is 0 Å². The maximum atomic E-state index is 3.65. The minimum atomic E-state index is 0.695. The summed E-state index contributed by atoms with van der Waals surface area (Å²) in [5, 5.41) is 3.59. The van der Waals surface area contributed by atoms with Crippen molar-refractivity contribution in [3.8, 4) is 0 Å². The molecule has 21 heavy (non-hydrogen) atoms. The first kappa shape index (κ1) is 16.8. The van der Waals surface area contributed by atoms with Crippen molar-refractivity contribution in [2.75, 3.05) is 18.0 Å². The summed E-state index contributed by atoms with van der Waals surface area (Å²) in [5.74, 6) is 0.695. The summed E-state index contributed by atoms with van der Waals surface area (Å²) in [7, 11) is 0. The number of nitrogens with one attached hydrogen (secondary N) is 1. The second-order valence-electron chi connectivity index (χ2n) is 6.52. The lowest BCUT2D eigenvalue weighted by Gasteiger charge is -2.32. The SMILES string of the molecule is CCN(c1cc(Br)ccc1CNCC(C)C)C1CCCC1. The van der Waals surface area contributed by atoms with Crippen LogP contribution < -0.4 is 10.2 Å². The molecule has 0 aromatic heterocycles. The van der Waals surface area contributed by atoms with Crippen LogP contribution in [0.4, 0.5) is 5.69 Å². The van der Waals surface area contributed by atoms with Crippen LogP contribution in [0.3, 0.4) is 0 Å². The number of hydrogen-bond donors (Lipinski definition) is 1. The van der Waals surface area contributed by atoms with Crippen molar-refractivity contribution >= 4 is 21.6 Å². The van der Waals surface area contributed by atoms with Crippen LogP contribution in [0.1, 0.15) is 52.0 Å². The van der Waals surface area contributed by atoms with E-state index in [0.717, 1.165) is 25.7 Å². The molecule has 2 rings (SSSR count). The monoisotopic (exact) mass is 352 g/mol. The van der Waals surface area contributed by atoms with Crippen LogP contribution in [0.15, 0.2) is 22.7 Å². The van der Waals surface area contributed by atoms with Crippen molar-refractivity contribution < 1.29 is 0 Å². The van der Waals surface area contributed by atoms with Crippen LogP contribution >= 0.6 is 15.9 Å². The lowest BCUT2D eigenvalue weighted by atomic mass is 10.1.